The van der Waals surface area contributed by atoms with Gasteiger partial charge in [0.2, 0.25) is 0 Å². The van der Waals surface area contributed by atoms with Crippen LogP contribution in [0.4, 0.5) is 0 Å². The Kier molecular flexibility index (Phi) is 4.03. The first-order chi connectivity index (χ1) is 9.19. The summed E-state index contributed by atoms with van der Waals surface area (Å²) < 4.78 is 7.24. The number of ether oxygens (including phenoxy) is 1. The lowest BCUT2D eigenvalue weighted by Gasteiger charge is -2.08. The smallest absolute Gasteiger partial charge is 0.356 e. The first-order valence-corrected chi connectivity index (χ1v) is 6.51. The van der Waals surface area contributed by atoms with Gasteiger partial charge in [0, 0.05) is 11.9 Å². The van der Waals surface area contributed by atoms with E-state index >= 15 is 0 Å². The lowest BCUT2D eigenvalue weighted by molar-refractivity contribution is 0.0516. The van der Waals surface area contributed by atoms with Gasteiger partial charge in [0.25, 0.3) is 0 Å². The molecule has 19 heavy (non-hydrogen) atoms. The van der Waals surface area contributed by atoms with E-state index in [1.807, 2.05) is 36.4 Å². The second-order valence-electron chi connectivity index (χ2n) is 3.74. The van der Waals surface area contributed by atoms with Gasteiger partial charge >= 0.3 is 5.97 Å². The number of rotatable bonds is 3. The van der Waals surface area contributed by atoms with E-state index in [4.69, 9.17) is 4.74 Å². The van der Waals surface area contributed by atoms with Crippen molar-refractivity contribution >= 4 is 21.9 Å². The number of esters is 1. The number of hydrogen-bond acceptors (Lipinski definition) is 3. The number of benzene rings is 1. The van der Waals surface area contributed by atoms with E-state index in [9.17, 15) is 10.1 Å². The van der Waals surface area contributed by atoms with Crippen LogP contribution in [0.2, 0.25) is 0 Å². The number of para-hydroxylation sites is 1. The highest BCUT2D eigenvalue weighted by molar-refractivity contribution is 9.10. The maximum absolute atomic E-state index is 12.0. The topological polar surface area (TPSA) is 55.0 Å². The molecule has 2 aromatic rings. The lowest BCUT2D eigenvalue weighted by atomic mass is 10.2. The molecule has 0 bridgehead atoms. The van der Waals surface area contributed by atoms with Gasteiger partial charge in [-0.3, -0.25) is 0 Å². The molecule has 1 aromatic carbocycles. The number of halogens is 1. The highest BCUT2D eigenvalue weighted by Crippen LogP contribution is 2.26. The van der Waals surface area contributed by atoms with Gasteiger partial charge in [0.1, 0.15) is 6.07 Å². The zero-order valence-electron chi connectivity index (χ0n) is 10.3. The number of nitriles is 1. The first-order valence-electron chi connectivity index (χ1n) is 5.72. The van der Waals surface area contributed by atoms with Gasteiger partial charge in [-0.2, -0.15) is 5.26 Å². The minimum Gasteiger partial charge on any atom is -0.461 e. The Morgan fingerprint density at radius 1 is 1.42 bits per heavy atom. The molecule has 0 spiro atoms. The van der Waals surface area contributed by atoms with Crippen molar-refractivity contribution in [1.29, 1.82) is 5.26 Å². The van der Waals surface area contributed by atoms with Gasteiger partial charge in [0.05, 0.1) is 16.6 Å². The summed E-state index contributed by atoms with van der Waals surface area (Å²) >= 11 is 3.29. The van der Waals surface area contributed by atoms with Crippen molar-refractivity contribution in [3.05, 3.63) is 52.3 Å². The van der Waals surface area contributed by atoms with Crippen molar-refractivity contribution < 1.29 is 9.53 Å². The number of aromatic nitrogens is 1. The van der Waals surface area contributed by atoms with Crippen LogP contribution in [0.1, 0.15) is 23.0 Å². The van der Waals surface area contributed by atoms with Gasteiger partial charge in [-0.25, -0.2) is 4.79 Å². The predicted octanol–water partition coefficient (Wildman–Crippen LogP) is 3.29. The summed E-state index contributed by atoms with van der Waals surface area (Å²) in [7, 11) is 0. The van der Waals surface area contributed by atoms with Crippen LogP contribution < -0.4 is 0 Å². The van der Waals surface area contributed by atoms with E-state index in [1.54, 1.807) is 17.7 Å². The Balaban J connectivity index is 2.62. The summed E-state index contributed by atoms with van der Waals surface area (Å²) in [4.78, 5) is 12.0. The molecule has 5 heteroatoms. The molecule has 96 valence electrons. The quantitative estimate of drug-likeness (QED) is 0.816. The lowest BCUT2D eigenvalue weighted by Crippen LogP contribution is -2.12. The van der Waals surface area contributed by atoms with Crippen molar-refractivity contribution in [1.82, 2.24) is 4.57 Å². The average Bonchev–Trinajstić information content (AvgIpc) is 2.77. The first kappa shape index (κ1) is 13.4. The summed E-state index contributed by atoms with van der Waals surface area (Å²) in [5.41, 5.74) is 1.32. The highest BCUT2D eigenvalue weighted by atomic mass is 79.9. The van der Waals surface area contributed by atoms with E-state index in [-0.39, 0.29) is 17.9 Å². The standard InChI is InChI=1S/C14H11BrN2O2/c1-2-19-14(18)13-11(8-16)12(15)9-17(13)10-6-4-3-5-7-10/h3-7,9H,2H2,1H3. The highest BCUT2D eigenvalue weighted by Gasteiger charge is 2.22. The molecule has 0 atom stereocenters. The number of hydrogen-bond donors (Lipinski definition) is 0. The zero-order chi connectivity index (χ0) is 13.8. The Hall–Kier alpha value is -2.06. The summed E-state index contributed by atoms with van der Waals surface area (Å²) in [6.45, 7) is 2.00. The average molecular weight is 319 g/mol. The Morgan fingerprint density at radius 2 is 2.11 bits per heavy atom. The van der Waals surface area contributed by atoms with Crippen LogP contribution in [0.3, 0.4) is 0 Å². The summed E-state index contributed by atoms with van der Waals surface area (Å²) in [6.07, 6.45) is 1.69. The van der Waals surface area contributed by atoms with Crippen LogP contribution in [0, 0.1) is 11.3 Å². The summed E-state index contributed by atoms with van der Waals surface area (Å²) in [5.74, 6) is -0.506. The van der Waals surface area contributed by atoms with Crippen LogP contribution >= 0.6 is 15.9 Å². The minimum absolute atomic E-state index is 0.238. The summed E-state index contributed by atoms with van der Waals surface area (Å²) in [6, 6.07) is 11.4. The fourth-order valence-electron chi connectivity index (χ4n) is 1.77. The maximum Gasteiger partial charge on any atom is 0.356 e. The zero-order valence-corrected chi connectivity index (χ0v) is 11.8. The fourth-order valence-corrected chi connectivity index (χ4v) is 2.26. The third-order valence-corrected chi connectivity index (χ3v) is 3.18. The molecule has 1 heterocycles. The van der Waals surface area contributed by atoms with Gasteiger partial charge in [-0.05, 0) is 35.0 Å². The molecule has 1 aromatic heterocycles. The molecule has 0 aliphatic carbocycles. The monoisotopic (exact) mass is 318 g/mol. The van der Waals surface area contributed by atoms with Crippen LogP contribution in [-0.2, 0) is 4.74 Å². The fraction of sp³-hybridized carbons (Fsp3) is 0.143. The van der Waals surface area contributed by atoms with Crippen LogP contribution in [0.15, 0.2) is 41.0 Å². The molecule has 0 aliphatic heterocycles. The van der Waals surface area contributed by atoms with Crippen LogP contribution in [-0.4, -0.2) is 17.1 Å². The van der Waals surface area contributed by atoms with E-state index in [1.165, 1.54) is 0 Å². The number of carbonyl (C=O) groups is 1. The molecular formula is C14H11BrN2O2. The molecule has 0 unspecified atom stereocenters. The van der Waals surface area contributed by atoms with Gasteiger partial charge in [-0.1, -0.05) is 18.2 Å². The minimum atomic E-state index is -0.506. The third kappa shape index (κ3) is 2.54. The van der Waals surface area contributed by atoms with E-state index < -0.39 is 5.97 Å². The molecule has 4 nitrogen and oxygen atoms in total. The molecule has 0 amide bonds. The second kappa shape index (κ2) is 5.72. The van der Waals surface area contributed by atoms with Crippen molar-refractivity contribution in [2.24, 2.45) is 0 Å². The van der Waals surface area contributed by atoms with Gasteiger partial charge in [0.15, 0.2) is 5.69 Å². The Bertz CT molecular complexity index is 641. The normalized spacial score (nSPS) is 9.95. The van der Waals surface area contributed by atoms with Crippen LogP contribution in [0.5, 0.6) is 0 Å². The molecule has 0 radical (unpaired) electrons. The van der Waals surface area contributed by atoms with Gasteiger partial charge in [-0.15, -0.1) is 0 Å². The second-order valence-corrected chi connectivity index (χ2v) is 4.59. The molecule has 0 aliphatic rings. The number of carbonyl (C=O) groups excluding carboxylic acids is 1. The SMILES string of the molecule is CCOC(=O)c1c(C#N)c(Br)cn1-c1ccccc1. The van der Waals surface area contributed by atoms with Crippen LogP contribution in [0.25, 0.3) is 5.69 Å². The van der Waals surface area contributed by atoms with E-state index in [2.05, 4.69) is 15.9 Å². The van der Waals surface area contributed by atoms with E-state index in [0.717, 1.165) is 5.69 Å². The molecule has 0 saturated carbocycles. The van der Waals surface area contributed by atoms with Crippen molar-refractivity contribution in [3.63, 3.8) is 0 Å². The molecular weight excluding hydrogens is 308 g/mol. The van der Waals surface area contributed by atoms with Crippen molar-refractivity contribution in [2.45, 2.75) is 6.92 Å². The van der Waals surface area contributed by atoms with Gasteiger partial charge < -0.3 is 9.30 Å². The molecule has 0 fully saturated rings. The summed E-state index contributed by atoms with van der Waals surface area (Å²) in [5, 5.41) is 9.18. The predicted molar refractivity (Wildman–Crippen MR) is 74.1 cm³/mol. The molecule has 2 rings (SSSR count). The molecule has 0 saturated heterocycles. The maximum atomic E-state index is 12.0. The van der Waals surface area contributed by atoms with E-state index in [0.29, 0.717) is 4.47 Å². The van der Waals surface area contributed by atoms with Crippen molar-refractivity contribution in [3.8, 4) is 11.8 Å². The Labute approximate surface area is 119 Å². The van der Waals surface area contributed by atoms with Crippen molar-refractivity contribution in [2.75, 3.05) is 6.61 Å². The Morgan fingerprint density at radius 3 is 2.68 bits per heavy atom. The third-order valence-electron chi connectivity index (χ3n) is 2.57. The number of nitrogens with zero attached hydrogens (tertiary/aromatic N) is 2. The largest absolute Gasteiger partial charge is 0.461 e. The molecule has 0 N–H and O–H groups in total.